The summed E-state index contributed by atoms with van der Waals surface area (Å²) in [6.45, 7) is 5.70. The van der Waals surface area contributed by atoms with Gasteiger partial charge in [-0.15, -0.1) is 6.58 Å². The molecule has 0 nitrogen and oxygen atoms in total. The van der Waals surface area contributed by atoms with Gasteiger partial charge in [-0.2, -0.15) is 0 Å². The Labute approximate surface area is 82.4 Å². The van der Waals surface area contributed by atoms with Gasteiger partial charge in [0.2, 0.25) is 0 Å². The predicted molar refractivity (Wildman–Crippen MR) is 61.8 cm³/mol. The van der Waals surface area contributed by atoms with Crippen molar-refractivity contribution in [1.82, 2.24) is 0 Å². The first kappa shape index (κ1) is 12.0. The summed E-state index contributed by atoms with van der Waals surface area (Å²) in [5, 5.41) is 0. The Morgan fingerprint density at radius 1 is 0.846 bits per heavy atom. The van der Waals surface area contributed by atoms with Gasteiger partial charge >= 0.3 is 0 Å². The van der Waals surface area contributed by atoms with Crippen molar-refractivity contribution < 1.29 is 0 Å². The van der Waals surface area contributed by atoms with Gasteiger partial charge in [0.05, 0.1) is 0 Å². The van der Waals surface area contributed by atoms with Crippen LogP contribution in [0, 0.1) is 0 Å². The summed E-state index contributed by atoms with van der Waals surface area (Å²) in [5.41, 5.74) is 0. The van der Waals surface area contributed by atoms with Crippen LogP contribution in [0.3, 0.4) is 0 Å². The molecule has 0 saturated heterocycles. The minimum absolute atomic E-state index is 1.09. The fourth-order valence-corrected chi connectivity index (χ4v) is 0.928. The highest BCUT2D eigenvalue weighted by atomic mass is 13.8. The van der Waals surface area contributed by atoms with Crippen LogP contribution in [0.2, 0.25) is 0 Å². The number of unbranched alkanes of at least 4 members (excludes halogenated alkanes) is 2. The van der Waals surface area contributed by atoms with Crippen molar-refractivity contribution in [2.45, 2.75) is 32.6 Å². The van der Waals surface area contributed by atoms with Crippen molar-refractivity contribution in [3.63, 3.8) is 0 Å². The van der Waals surface area contributed by atoms with E-state index in [9.17, 15) is 0 Å². The summed E-state index contributed by atoms with van der Waals surface area (Å²) in [5.74, 6) is 0. The van der Waals surface area contributed by atoms with E-state index < -0.39 is 0 Å². The molecular formula is C13H20. The molecule has 0 spiro atoms. The molecule has 0 fully saturated rings. The first-order valence-corrected chi connectivity index (χ1v) is 4.95. The second-order valence-electron chi connectivity index (χ2n) is 2.87. The van der Waals surface area contributed by atoms with Crippen molar-refractivity contribution in [2.75, 3.05) is 0 Å². The van der Waals surface area contributed by atoms with Gasteiger partial charge in [-0.25, -0.2) is 0 Å². The molecule has 72 valence electrons. The molecule has 0 heteroatoms. The minimum atomic E-state index is 1.09. The van der Waals surface area contributed by atoms with Crippen LogP contribution in [0.25, 0.3) is 0 Å². The lowest BCUT2D eigenvalue weighted by Gasteiger charge is -1.86. The highest BCUT2D eigenvalue weighted by molar-refractivity contribution is 5.01. The Morgan fingerprint density at radius 3 is 2.08 bits per heavy atom. The molecule has 0 radical (unpaired) electrons. The maximum absolute atomic E-state index is 3.68. The topological polar surface area (TPSA) is 0 Å². The third-order valence-corrected chi connectivity index (χ3v) is 1.64. The summed E-state index contributed by atoms with van der Waals surface area (Å²) in [6.07, 6.45) is 19.3. The number of allylic oxidation sites excluding steroid dienone is 7. The molecular weight excluding hydrogens is 156 g/mol. The molecule has 0 atom stereocenters. The summed E-state index contributed by atoms with van der Waals surface area (Å²) in [7, 11) is 0. The van der Waals surface area contributed by atoms with Crippen molar-refractivity contribution in [2.24, 2.45) is 0 Å². The van der Waals surface area contributed by atoms with Gasteiger partial charge in [0.15, 0.2) is 0 Å². The largest absolute Gasteiger partial charge is 0.103 e. The van der Waals surface area contributed by atoms with E-state index in [0.29, 0.717) is 0 Å². The molecule has 0 N–H and O–H groups in total. The lowest BCUT2D eigenvalue weighted by molar-refractivity contribution is 1.01. The highest BCUT2D eigenvalue weighted by Gasteiger charge is 1.76. The number of rotatable bonds is 7. The predicted octanol–water partition coefficient (Wildman–Crippen LogP) is 4.42. The van der Waals surface area contributed by atoms with E-state index in [2.05, 4.69) is 37.0 Å². The second kappa shape index (κ2) is 11.0. The van der Waals surface area contributed by atoms with Crippen molar-refractivity contribution >= 4 is 0 Å². The third-order valence-electron chi connectivity index (χ3n) is 1.64. The molecule has 0 aromatic carbocycles. The third kappa shape index (κ3) is 11.0. The molecule has 0 unspecified atom stereocenters. The summed E-state index contributed by atoms with van der Waals surface area (Å²) in [6, 6.07) is 0. The Bertz CT molecular complexity index is 182. The van der Waals surface area contributed by atoms with Crippen molar-refractivity contribution in [1.29, 1.82) is 0 Å². The molecule has 0 aliphatic heterocycles. The zero-order valence-corrected chi connectivity index (χ0v) is 8.58. The van der Waals surface area contributed by atoms with Crippen LogP contribution < -0.4 is 0 Å². The van der Waals surface area contributed by atoms with Gasteiger partial charge in [0, 0.05) is 0 Å². The average molecular weight is 176 g/mol. The molecule has 0 aliphatic carbocycles. The lowest BCUT2D eigenvalue weighted by atomic mass is 10.2. The molecule has 0 amide bonds. The molecule has 0 aromatic rings. The maximum Gasteiger partial charge on any atom is -0.0313 e. The number of hydrogen-bond acceptors (Lipinski definition) is 0. The molecule has 13 heavy (non-hydrogen) atoms. The van der Waals surface area contributed by atoms with E-state index in [1.807, 2.05) is 19.1 Å². The molecule has 0 bridgehead atoms. The van der Waals surface area contributed by atoms with Crippen LogP contribution in [-0.4, -0.2) is 0 Å². The van der Waals surface area contributed by atoms with E-state index in [1.54, 1.807) is 0 Å². The van der Waals surface area contributed by atoms with Crippen LogP contribution in [0.1, 0.15) is 32.6 Å². The fraction of sp³-hybridized carbons (Fsp3) is 0.385. The van der Waals surface area contributed by atoms with Gasteiger partial charge in [-0.1, -0.05) is 42.5 Å². The first-order valence-electron chi connectivity index (χ1n) is 4.95. The van der Waals surface area contributed by atoms with Crippen LogP contribution in [0.4, 0.5) is 0 Å². The van der Waals surface area contributed by atoms with Crippen LogP contribution in [0.5, 0.6) is 0 Å². The standard InChI is InChI=1S/C13H20/c1-3-5-7-9-11-13-12-10-8-6-4-2/h3-4,6,8-11H,1,5,7,12-13H2,2H3. The molecule has 0 saturated carbocycles. The van der Waals surface area contributed by atoms with Crippen LogP contribution >= 0.6 is 0 Å². The van der Waals surface area contributed by atoms with Gasteiger partial charge in [0.25, 0.3) is 0 Å². The van der Waals surface area contributed by atoms with Crippen LogP contribution in [0.15, 0.2) is 49.1 Å². The summed E-state index contributed by atoms with van der Waals surface area (Å²) >= 11 is 0. The van der Waals surface area contributed by atoms with E-state index >= 15 is 0 Å². The van der Waals surface area contributed by atoms with E-state index in [1.165, 1.54) is 0 Å². The van der Waals surface area contributed by atoms with E-state index in [0.717, 1.165) is 25.7 Å². The van der Waals surface area contributed by atoms with Gasteiger partial charge in [0.1, 0.15) is 0 Å². The average Bonchev–Trinajstić information content (AvgIpc) is 2.16. The monoisotopic (exact) mass is 176 g/mol. The smallest absolute Gasteiger partial charge is 0.0313 e. The van der Waals surface area contributed by atoms with Crippen molar-refractivity contribution in [3.05, 3.63) is 49.1 Å². The molecule has 0 rings (SSSR count). The Hall–Kier alpha value is -1.04. The fourth-order valence-electron chi connectivity index (χ4n) is 0.928. The Balaban J connectivity index is 3.24. The zero-order valence-electron chi connectivity index (χ0n) is 8.58. The quantitative estimate of drug-likeness (QED) is 0.306. The Morgan fingerprint density at radius 2 is 1.46 bits per heavy atom. The van der Waals surface area contributed by atoms with Crippen LogP contribution in [-0.2, 0) is 0 Å². The lowest BCUT2D eigenvalue weighted by Crippen LogP contribution is -1.66. The van der Waals surface area contributed by atoms with Gasteiger partial charge in [-0.05, 0) is 32.6 Å². The summed E-state index contributed by atoms with van der Waals surface area (Å²) < 4.78 is 0. The van der Waals surface area contributed by atoms with E-state index in [4.69, 9.17) is 0 Å². The molecule has 0 aliphatic rings. The van der Waals surface area contributed by atoms with Gasteiger partial charge < -0.3 is 0 Å². The SMILES string of the molecule is C=CCCC=CCCC=CC=CC. The maximum atomic E-state index is 3.68. The molecule has 0 heterocycles. The highest BCUT2D eigenvalue weighted by Crippen LogP contribution is 1.97. The van der Waals surface area contributed by atoms with E-state index in [-0.39, 0.29) is 0 Å². The van der Waals surface area contributed by atoms with Crippen molar-refractivity contribution in [3.8, 4) is 0 Å². The Kier molecular flexibility index (Phi) is 10.1. The number of hydrogen-bond donors (Lipinski definition) is 0. The zero-order chi connectivity index (χ0) is 9.78. The van der Waals surface area contributed by atoms with Gasteiger partial charge in [-0.3, -0.25) is 0 Å². The second-order valence-corrected chi connectivity index (χ2v) is 2.87. The normalized spacial score (nSPS) is 12.1. The minimum Gasteiger partial charge on any atom is -0.103 e. The first-order chi connectivity index (χ1) is 6.41. The summed E-state index contributed by atoms with van der Waals surface area (Å²) in [4.78, 5) is 0. The molecule has 0 aromatic heterocycles.